The number of nitriles is 1. The molecule has 0 fully saturated rings. The van der Waals surface area contributed by atoms with E-state index in [-0.39, 0.29) is 12.6 Å². The van der Waals surface area contributed by atoms with Crippen molar-refractivity contribution in [2.45, 2.75) is 38.7 Å². The highest BCUT2D eigenvalue weighted by Crippen LogP contribution is 2.41. The number of carbonyl (C=O) groups is 1. The van der Waals surface area contributed by atoms with Crippen LogP contribution in [-0.4, -0.2) is 35.3 Å². The second-order valence-electron chi connectivity index (χ2n) is 8.15. The van der Waals surface area contributed by atoms with Crippen LogP contribution in [0, 0.1) is 11.3 Å². The molecule has 0 radical (unpaired) electrons. The first kappa shape index (κ1) is 22.0. The van der Waals surface area contributed by atoms with Crippen LogP contribution in [0.5, 0.6) is 5.75 Å². The molecule has 6 nitrogen and oxygen atoms in total. The molecule has 1 aliphatic rings. The number of ether oxygens (including phenoxy) is 1. The molecule has 32 heavy (non-hydrogen) atoms. The Kier molecular flexibility index (Phi) is 6.54. The summed E-state index contributed by atoms with van der Waals surface area (Å²) in [4.78, 5) is 16.5. The largest absolute Gasteiger partial charge is 0.490 e. The zero-order valence-corrected chi connectivity index (χ0v) is 18.9. The van der Waals surface area contributed by atoms with Gasteiger partial charge in [0.1, 0.15) is 16.8 Å². The van der Waals surface area contributed by atoms with Crippen molar-refractivity contribution >= 4 is 17.3 Å². The van der Waals surface area contributed by atoms with Crippen LogP contribution in [-0.2, 0) is 11.2 Å². The van der Waals surface area contributed by atoms with Crippen LogP contribution in [0.3, 0.4) is 0 Å². The Hall–Kier alpha value is -3.21. The Morgan fingerprint density at radius 2 is 2.22 bits per heavy atom. The van der Waals surface area contributed by atoms with E-state index < -0.39 is 5.97 Å². The number of carboxylic acids is 1. The average Bonchev–Trinajstić information content (AvgIpc) is 3.41. The topological polar surface area (TPSA) is 95.2 Å². The second-order valence-corrected chi connectivity index (χ2v) is 9.18. The van der Waals surface area contributed by atoms with E-state index in [0.29, 0.717) is 23.8 Å². The molecule has 1 unspecified atom stereocenters. The molecule has 0 spiro atoms. The molecule has 3 aromatic rings. The van der Waals surface area contributed by atoms with E-state index >= 15 is 0 Å². The summed E-state index contributed by atoms with van der Waals surface area (Å²) in [7, 11) is 0. The van der Waals surface area contributed by atoms with Gasteiger partial charge in [0.15, 0.2) is 0 Å². The fourth-order valence-electron chi connectivity index (χ4n) is 4.18. The second kappa shape index (κ2) is 9.51. The van der Waals surface area contributed by atoms with Crippen molar-refractivity contribution in [3.05, 3.63) is 59.3 Å². The summed E-state index contributed by atoms with van der Waals surface area (Å²) < 4.78 is 5.73. The molecular weight excluding hydrogens is 422 g/mol. The Morgan fingerprint density at radius 3 is 2.97 bits per heavy atom. The summed E-state index contributed by atoms with van der Waals surface area (Å²) >= 11 is 1.61. The quantitative estimate of drug-likeness (QED) is 0.513. The van der Waals surface area contributed by atoms with Gasteiger partial charge in [0.2, 0.25) is 0 Å². The molecule has 0 bridgehead atoms. The first-order valence-corrected chi connectivity index (χ1v) is 11.5. The predicted octanol–water partition coefficient (Wildman–Crippen LogP) is 4.84. The van der Waals surface area contributed by atoms with Gasteiger partial charge in [-0.15, -0.1) is 11.3 Å². The Morgan fingerprint density at radius 1 is 1.38 bits per heavy atom. The Balaban J connectivity index is 1.58. The third-order valence-electron chi connectivity index (χ3n) is 5.54. The summed E-state index contributed by atoms with van der Waals surface area (Å²) in [5.41, 5.74) is 5.20. The zero-order valence-electron chi connectivity index (χ0n) is 18.1. The smallest absolute Gasteiger partial charge is 0.317 e. The number of aliphatic carboxylic acids is 1. The van der Waals surface area contributed by atoms with E-state index in [1.807, 2.05) is 38.2 Å². The summed E-state index contributed by atoms with van der Waals surface area (Å²) in [5, 5.41) is 22.3. The number of benzene rings is 2. The van der Waals surface area contributed by atoms with Crippen molar-refractivity contribution in [3.63, 3.8) is 0 Å². The van der Waals surface area contributed by atoms with Gasteiger partial charge in [-0.25, -0.2) is 4.98 Å². The average molecular weight is 448 g/mol. The van der Waals surface area contributed by atoms with Crippen LogP contribution in [0.15, 0.2) is 42.6 Å². The van der Waals surface area contributed by atoms with Crippen molar-refractivity contribution < 1.29 is 14.6 Å². The predicted molar refractivity (Wildman–Crippen MR) is 125 cm³/mol. The summed E-state index contributed by atoms with van der Waals surface area (Å²) in [6, 6.07) is 14.2. The van der Waals surface area contributed by atoms with Gasteiger partial charge in [0.25, 0.3) is 0 Å². The number of nitrogens with one attached hydrogen (secondary N) is 1. The Labute approximate surface area is 191 Å². The highest BCUT2D eigenvalue weighted by molar-refractivity contribution is 7.18. The monoisotopic (exact) mass is 447 g/mol. The van der Waals surface area contributed by atoms with Crippen molar-refractivity contribution in [3.8, 4) is 32.8 Å². The number of hydrogen-bond acceptors (Lipinski definition) is 6. The van der Waals surface area contributed by atoms with Crippen LogP contribution in [0.1, 0.15) is 42.9 Å². The van der Waals surface area contributed by atoms with Gasteiger partial charge in [-0.3, -0.25) is 4.79 Å². The zero-order chi connectivity index (χ0) is 22.7. The number of rotatable bonds is 8. The van der Waals surface area contributed by atoms with Crippen molar-refractivity contribution in [2.75, 3.05) is 13.1 Å². The molecule has 0 amide bonds. The number of thiazole rings is 1. The summed E-state index contributed by atoms with van der Waals surface area (Å²) in [6.07, 6.45) is 3.88. The molecule has 7 heteroatoms. The van der Waals surface area contributed by atoms with Gasteiger partial charge >= 0.3 is 5.97 Å². The SMILES string of the molecule is CC(C)Oc1ccc(-c2ncc(-c3cccc4c3CCC4CNCC(=O)O)s2)cc1C#N. The molecule has 2 aromatic carbocycles. The maximum atomic E-state index is 10.8. The molecule has 0 aliphatic heterocycles. The lowest BCUT2D eigenvalue weighted by Crippen LogP contribution is -2.26. The maximum Gasteiger partial charge on any atom is 0.317 e. The standard InChI is InChI=1S/C25H25N3O3S/c1-15(2)31-22-9-7-16(10-18(22)11-26)25-28-13-23(32-25)21-5-3-4-19-17(6-8-20(19)21)12-27-14-24(29)30/h3-5,7,9-10,13,15,17,27H,6,8,12,14H2,1-2H3,(H,29,30). The van der Waals surface area contributed by atoms with Gasteiger partial charge in [-0.2, -0.15) is 5.26 Å². The van der Waals surface area contributed by atoms with Crippen molar-refractivity contribution in [2.24, 2.45) is 0 Å². The summed E-state index contributed by atoms with van der Waals surface area (Å²) in [5.74, 6) is 0.0763. The lowest BCUT2D eigenvalue weighted by atomic mass is 9.98. The lowest BCUT2D eigenvalue weighted by Gasteiger charge is -2.13. The maximum absolute atomic E-state index is 10.8. The van der Waals surface area contributed by atoms with Crippen LogP contribution >= 0.6 is 11.3 Å². The minimum atomic E-state index is -0.836. The molecule has 1 heterocycles. The molecule has 2 N–H and O–H groups in total. The van der Waals surface area contributed by atoms with E-state index in [1.165, 1.54) is 16.7 Å². The number of nitrogens with zero attached hydrogens (tertiary/aromatic N) is 2. The van der Waals surface area contributed by atoms with Crippen LogP contribution in [0.4, 0.5) is 0 Å². The molecule has 0 saturated heterocycles. The molecule has 1 aromatic heterocycles. The normalized spacial score (nSPS) is 14.9. The van der Waals surface area contributed by atoms with Gasteiger partial charge in [-0.1, -0.05) is 18.2 Å². The van der Waals surface area contributed by atoms with E-state index in [2.05, 4.69) is 34.6 Å². The first-order valence-electron chi connectivity index (χ1n) is 10.7. The van der Waals surface area contributed by atoms with Gasteiger partial charge < -0.3 is 15.2 Å². The minimum absolute atomic E-state index is 0.00254. The first-order chi connectivity index (χ1) is 15.5. The summed E-state index contributed by atoms with van der Waals surface area (Å²) in [6.45, 7) is 4.52. The third kappa shape index (κ3) is 4.67. The van der Waals surface area contributed by atoms with E-state index in [4.69, 9.17) is 9.84 Å². The van der Waals surface area contributed by atoms with Gasteiger partial charge in [0.05, 0.1) is 23.1 Å². The van der Waals surface area contributed by atoms with Gasteiger partial charge in [-0.05, 0) is 67.5 Å². The molecule has 0 saturated carbocycles. The van der Waals surface area contributed by atoms with E-state index in [9.17, 15) is 10.1 Å². The van der Waals surface area contributed by atoms with Gasteiger partial charge in [0, 0.05) is 18.3 Å². The number of fused-ring (bicyclic) bond motifs is 1. The van der Waals surface area contributed by atoms with Crippen LogP contribution in [0.25, 0.3) is 21.0 Å². The van der Waals surface area contributed by atoms with E-state index in [1.54, 1.807) is 11.3 Å². The molecule has 164 valence electrons. The lowest BCUT2D eigenvalue weighted by molar-refractivity contribution is -0.135. The number of aromatic nitrogens is 1. The fourth-order valence-corrected chi connectivity index (χ4v) is 5.14. The fraction of sp³-hybridized carbons (Fsp3) is 0.320. The highest BCUT2D eigenvalue weighted by atomic mass is 32.1. The van der Waals surface area contributed by atoms with Crippen LogP contribution in [0.2, 0.25) is 0 Å². The minimum Gasteiger partial charge on any atom is -0.490 e. The molecule has 4 rings (SSSR count). The van der Waals surface area contributed by atoms with Crippen molar-refractivity contribution in [1.82, 2.24) is 10.3 Å². The number of carboxylic acid groups (broad SMARTS) is 1. The van der Waals surface area contributed by atoms with Crippen LogP contribution < -0.4 is 10.1 Å². The Bertz CT molecular complexity index is 1180. The highest BCUT2D eigenvalue weighted by Gasteiger charge is 2.25. The third-order valence-corrected chi connectivity index (χ3v) is 6.62. The van der Waals surface area contributed by atoms with E-state index in [0.717, 1.165) is 28.3 Å². The molecule has 1 atom stereocenters. The molecule has 1 aliphatic carbocycles. The van der Waals surface area contributed by atoms with Crippen molar-refractivity contribution in [1.29, 1.82) is 5.26 Å². The molecular formula is C25H25N3O3S. The number of hydrogen-bond donors (Lipinski definition) is 2.